The van der Waals surface area contributed by atoms with Crippen LogP contribution in [0, 0.1) is 0 Å². The van der Waals surface area contributed by atoms with Gasteiger partial charge in [-0.15, -0.1) is 0 Å². The van der Waals surface area contributed by atoms with Crippen molar-refractivity contribution in [3.8, 4) is 17.2 Å². The Morgan fingerprint density at radius 3 is 1.07 bits per heavy atom. The highest BCUT2D eigenvalue weighted by Crippen LogP contribution is 2.60. The van der Waals surface area contributed by atoms with E-state index in [9.17, 15) is 0 Å². The molecule has 59 heavy (non-hydrogen) atoms. The molecule has 3 aromatic rings. The lowest BCUT2D eigenvalue weighted by molar-refractivity contribution is 0.294. The van der Waals surface area contributed by atoms with Crippen LogP contribution in [0.25, 0.3) is 0 Å². The normalized spacial score (nSPS) is 14.9. The highest BCUT2D eigenvalue weighted by molar-refractivity contribution is 5.73. The van der Waals surface area contributed by atoms with E-state index in [1.54, 1.807) is 0 Å². The summed E-state index contributed by atoms with van der Waals surface area (Å²) in [5, 5.41) is 0. The fraction of sp³-hybridized carbons (Fsp3) is 0.679. The summed E-state index contributed by atoms with van der Waals surface area (Å²) < 4.78 is 20.0. The first kappa shape index (κ1) is 47.1. The van der Waals surface area contributed by atoms with Gasteiger partial charge in [-0.2, -0.15) is 0 Å². The van der Waals surface area contributed by atoms with Crippen LogP contribution in [0.15, 0.2) is 54.6 Å². The Labute approximate surface area is 363 Å². The molecule has 0 spiro atoms. The predicted molar refractivity (Wildman–Crippen MR) is 253 cm³/mol. The third kappa shape index (κ3) is 15.2. The SMILES string of the molecule is CCCCCCCCCCCCOc1ccc2c(c1)C1c3cccc(OCCCCCCCCCCCC)c3C2c2c(OCCCCCCCCCCCC)cccc21. The lowest BCUT2D eigenvalue weighted by Gasteiger charge is -2.43. The molecule has 3 nitrogen and oxygen atoms in total. The van der Waals surface area contributed by atoms with E-state index in [0.717, 1.165) is 56.3 Å². The zero-order chi connectivity index (χ0) is 41.2. The third-order valence-electron chi connectivity index (χ3n) is 13.4. The zero-order valence-electron chi connectivity index (χ0n) is 38.4. The van der Waals surface area contributed by atoms with Crippen LogP contribution >= 0.6 is 0 Å². The summed E-state index contributed by atoms with van der Waals surface area (Å²) in [5.41, 5.74) is 8.31. The summed E-state index contributed by atoms with van der Waals surface area (Å²) in [6.07, 6.45) is 40.1. The van der Waals surface area contributed by atoms with Crippen molar-refractivity contribution >= 4 is 0 Å². The first-order valence-electron chi connectivity index (χ1n) is 25.6. The number of rotatable bonds is 36. The van der Waals surface area contributed by atoms with Crippen molar-refractivity contribution in [3.05, 3.63) is 88.0 Å². The van der Waals surface area contributed by atoms with Crippen LogP contribution in [0.3, 0.4) is 0 Å². The molecule has 6 rings (SSSR count). The molecule has 0 N–H and O–H groups in total. The van der Waals surface area contributed by atoms with Crippen molar-refractivity contribution in [3.63, 3.8) is 0 Å². The maximum atomic E-state index is 6.75. The van der Waals surface area contributed by atoms with Gasteiger partial charge in [0.2, 0.25) is 0 Å². The summed E-state index contributed by atoms with van der Waals surface area (Å²) in [4.78, 5) is 0. The third-order valence-corrected chi connectivity index (χ3v) is 13.4. The summed E-state index contributed by atoms with van der Waals surface area (Å²) in [6, 6.07) is 20.6. The van der Waals surface area contributed by atoms with Crippen LogP contribution < -0.4 is 14.2 Å². The molecule has 0 aliphatic heterocycles. The summed E-state index contributed by atoms with van der Waals surface area (Å²) >= 11 is 0. The second-order valence-corrected chi connectivity index (χ2v) is 18.3. The molecule has 0 atom stereocenters. The van der Waals surface area contributed by atoms with Crippen molar-refractivity contribution in [2.24, 2.45) is 0 Å². The van der Waals surface area contributed by atoms with Gasteiger partial charge in [0, 0.05) is 23.0 Å². The van der Waals surface area contributed by atoms with Gasteiger partial charge in [0.25, 0.3) is 0 Å². The number of ether oxygens (including phenoxy) is 3. The first-order chi connectivity index (χ1) is 29.3. The molecule has 3 aliphatic carbocycles. The number of unbranched alkanes of at least 4 members (excludes halogenated alkanes) is 27. The van der Waals surface area contributed by atoms with Crippen LogP contribution in [0.4, 0.5) is 0 Å². The molecule has 3 aromatic carbocycles. The Balaban J connectivity index is 1.20. The summed E-state index contributed by atoms with van der Waals surface area (Å²) in [6.45, 7) is 9.26. The molecule has 0 heterocycles. The van der Waals surface area contributed by atoms with E-state index < -0.39 is 0 Å². The zero-order valence-corrected chi connectivity index (χ0v) is 38.4. The van der Waals surface area contributed by atoms with Gasteiger partial charge in [0.15, 0.2) is 0 Å². The molecule has 0 saturated heterocycles. The molecule has 3 aliphatic rings. The van der Waals surface area contributed by atoms with Crippen LogP contribution in [0.5, 0.6) is 17.2 Å². The Morgan fingerprint density at radius 1 is 0.322 bits per heavy atom. The fourth-order valence-electron chi connectivity index (χ4n) is 9.93. The Kier molecular flexibility index (Phi) is 22.8. The molecule has 328 valence electrons. The van der Waals surface area contributed by atoms with E-state index >= 15 is 0 Å². The van der Waals surface area contributed by atoms with E-state index in [-0.39, 0.29) is 11.8 Å². The topological polar surface area (TPSA) is 27.7 Å². The maximum Gasteiger partial charge on any atom is 0.123 e. The second kappa shape index (κ2) is 28.6. The van der Waals surface area contributed by atoms with Crippen molar-refractivity contribution < 1.29 is 14.2 Å². The van der Waals surface area contributed by atoms with E-state index in [1.807, 2.05) is 0 Å². The van der Waals surface area contributed by atoms with Gasteiger partial charge in [-0.1, -0.05) is 224 Å². The van der Waals surface area contributed by atoms with Gasteiger partial charge in [-0.05, 0) is 65.8 Å². The monoisotopic (exact) mass is 807 g/mol. The van der Waals surface area contributed by atoms with Crippen LogP contribution in [-0.4, -0.2) is 19.8 Å². The number of hydrogen-bond donors (Lipinski definition) is 0. The van der Waals surface area contributed by atoms with E-state index in [2.05, 4.69) is 75.4 Å². The van der Waals surface area contributed by atoms with Crippen molar-refractivity contribution in [1.29, 1.82) is 0 Å². The molecule has 0 radical (unpaired) electrons. The molecule has 2 bridgehead atoms. The van der Waals surface area contributed by atoms with E-state index in [4.69, 9.17) is 14.2 Å². The van der Waals surface area contributed by atoms with Crippen LogP contribution in [0.1, 0.15) is 259 Å². The number of hydrogen-bond acceptors (Lipinski definition) is 3. The van der Waals surface area contributed by atoms with Gasteiger partial charge in [0.1, 0.15) is 17.2 Å². The quantitative estimate of drug-likeness (QED) is 0.0377. The minimum absolute atomic E-state index is 0.101. The minimum Gasteiger partial charge on any atom is -0.494 e. The minimum atomic E-state index is 0.101. The molecule has 0 aromatic heterocycles. The Bertz CT molecular complexity index is 1480. The largest absolute Gasteiger partial charge is 0.494 e. The van der Waals surface area contributed by atoms with E-state index in [1.165, 1.54) is 207 Å². The second-order valence-electron chi connectivity index (χ2n) is 18.3. The van der Waals surface area contributed by atoms with Crippen molar-refractivity contribution in [2.75, 3.05) is 19.8 Å². The van der Waals surface area contributed by atoms with Crippen molar-refractivity contribution in [1.82, 2.24) is 0 Å². The van der Waals surface area contributed by atoms with Crippen LogP contribution in [0.2, 0.25) is 0 Å². The maximum absolute atomic E-state index is 6.75. The Morgan fingerprint density at radius 2 is 0.678 bits per heavy atom. The molecule has 0 unspecified atom stereocenters. The lowest BCUT2D eigenvalue weighted by atomic mass is 9.60. The summed E-state index contributed by atoms with van der Waals surface area (Å²) in [5.74, 6) is 3.40. The lowest BCUT2D eigenvalue weighted by Crippen LogP contribution is -2.29. The van der Waals surface area contributed by atoms with Gasteiger partial charge in [-0.3, -0.25) is 0 Å². The molecule has 3 heteroatoms. The Hall–Kier alpha value is -2.94. The molecule has 0 fully saturated rings. The molecule has 0 saturated carbocycles. The highest BCUT2D eigenvalue weighted by atomic mass is 16.5. The highest BCUT2D eigenvalue weighted by Gasteiger charge is 2.44. The van der Waals surface area contributed by atoms with Crippen molar-refractivity contribution in [2.45, 2.75) is 225 Å². The molecular formula is C56H86O3. The van der Waals surface area contributed by atoms with Gasteiger partial charge in [-0.25, -0.2) is 0 Å². The predicted octanol–water partition coefficient (Wildman–Crippen LogP) is 17.6. The standard InChI is InChI=1S/C56H86O3/c1-4-7-10-13-16-19-22-25-28-31-42-57-46-40-41-47-50(45-46)53-48-36-34-38-51(58-43-32-29-26-23-20-17-14-11-8-5-2)54(48)56(47)55-49(53)37-35-39-52(55)59-44-33-30-27-24-21-18-15-12-9-6-3/h34-41,45,53,56H,4-33,42-44H2,1-3H3. The molecule has 0 amide bonds. The van der Waals surface area contributed by atoms with Gasteiger partial charge < -0.3 is 14.2 Å². The molecular weight excluding hydrogens is 721 g/mol. The number of benzene rings is 3. The average Bonchev–Trinajstić information content (AvgIpc) is 3.26. The average molecular weight is 807 g/mol. The summed E-state index contributed by atoms with van der Waals surface area (Å²) in [7, 11) is 0. The van der Waals surface area contributed by atoms with Gasteiger partial charge in [0.05, 0.1) is 19.8 Å². The van der Waals surface area contributed by atoms with Gasteiger partial charge >= 0.3 is 0 Å². The fourth-order valence-corrected chi connectivity index (χ4v) is 9.93. The first-order valence-corrected chi connectivity index (χ1v) is 25.6. The van der Waals surface area contributed by atoms with E-state index in [0.29, 0.717) is 0 Å². The van der Waals surface area contributed by atoms with Crippen LogP contribution in [-0.2, 0) is 0 Å². The smallest absolute Gasteiger partial charge is 0.123 e.